The quantitative estimate of drug-likeness (QED) is 0.313. The average molecular weight is 499 g/mol. The van der Waals surface area contributed by atoms with Crippen LogP contribution in [0.4, 0.5) is 0 Å². The van der Waals surface area contributed by atoms with Gasteiger partial charge in [-0.05, 0) is 35.7 Å². The summed E-state index contributed by atoms with van der Waals surface area (Å²) in [6.07, 6.45) is 0. The number of hydrogen-bond acceptors (Lipinski definition) is 4. The highest BCUT2D eigenvalue weighted by Crippen LogP contribution is 2.27. The van der Waals surface area contributed by atoms with E-state index in [0.29, 0.717) is 25.4 Å². The predicted octanol–water partition coefficient (Wildman–Crippen LogP) is 3.72. The highest BCUT2D eigenvalue weighted by atomic mass is 127. The van der Waals surface area contributed by atoms with Crippen molar-refractivity contribution in [1.29, 1.82) is 0 Å². The molecular formula is C21H30IN3O3. The van der Waals surface area contributed by atoms with Crippen molar-refractivity contribution < 1.29 is 14.2 Å². The fourth-order valence-electron chi connectivity index (χ4n) is 2.67. The molecule has 0 spiro atoms. The molecule has 0 saturated heterocycles. The van der Waals surface area contributed by atoms with Gasteiger partial charge >= 0.3 is 0 Å². The molecule has 154 valence electrons. The highest BCUT2D eigenvalue weighted by Gasteiger charge is 2.05. The molecule has 0 amide bonds. The van der Waals surface area contributed by atoms with Crippen molar-refractivity contribution in [1.82, 2.24) is 10.6 Å². The van der Waals surface area contributed by atoms with Crippen LogP contribution in [-0.4, -0.2) is 33.8 Å². The van der Waals surface area contributed by atoms with Crippen LogP contribution in [0.1, 0.15) is 23.6 Å². The Labute approximate surface area is 184 Å². The van der Waals surface area contributed by atoms with E-state index in [-0.39, 0.29) is 24.0 Å². The van der Waals surface area contributed by atoms with E-state index in [0.717, 1.165) is 34.9 Å². The molecule has 2 rings (SSSR count). The molecule has 0 radical (unpaired) electrons. The van der Waals surface area contributed by atoms with Gasteiger partial charge in [-0.2, -0.15) is 0 Å². The number of hydrogen-bond donors (Lipinski definition) is 2. The molecule has 0 aromatic heterocycles. The smallest absolute Gasteiger partial charge is 0.191 e. The number of ether oxygens (including phenoxy) is 3. The Morgan fingerprint density at radius 3 is 2.32 bits per heavy atom. The molecule has 0 aliphatic heterocycles. The number of nitrogens with one attached hydrogen (secondary N) is 2. The van der Waals surface area contributed by atoms with Gasteiger partial charge < -0.3 is 24.8 Å². The molecule has 0 saturated carbocycles. The molecule has 0 atom stereocenters. The summed E-state index contributed by atoms with van der Waals surface area (Å²) >= 11 is 0. The van der Waals surface area contributed by atoms with Crippen molar-refractivity contribution in [2.24, 2.45) is 4.99 Å². The zero-order valence-electron chi connectivity index (χ0n) is 17.0. The lowest BCUT2D eigenvalue weighted by atomic mass is 10.1. The van der Waals surface area contributed by atoms with Gasteiger partial charge in [-0.15, -0.1) is 24.0 Å². The van der Waals surface area contributed by atoms with Crippen LogP contribution in [0, 0.1) is 0 Å². The number of methoxy groups -OCH3 is 3. The monoisotopic (exact) mass is 499 g/mol. The fraction of sp³-hybridized carbons (Fsp3) is 0.381. The molecule has 2 aromatic carbocycles. The maximum Gasteiger partial charge on any atom is 0.191 e. The Balaban J connectivity index is 0.00000392. The van der Waals surface area contributed by atoms with Crippen LogP contribution in [-0.2, 0) is 24.4 Å². The van der Waals surface area contributed by atoms with E-state index in [4.69, 9.17) is 14.2 Å². The first-order valence-electron chi connectivity index (χ1n) is 9.00. The van der Waals surface area contributed by atoms with Crippen LogP contribution in [0.3, 0.4) is 0 Å². The zero-order valence-corrected chi connectivity index (χ0v) is 19.3. The zero-order chi connectivity index (χ0) is 19.5. The Morgan fingerprint density at radius 1 is 0.893 bits per heavy atom. The third kappa shape index (κ3) is 7.55. The molecule has 2 N–H and O–H groups in total. The van der Waals surface area contributed by atoms with Gasteiger partial charge in [0.05, 0.1) is 27.4 Å². The Bertz CT molecular complexity index is 753. The minimum absolute atomic E-state index is 0. The van der Waals surface area contributed by atoms with Gasteiger partial charge in [0.2, 0.25) is 0 Å². The molecule has 6 nitrogen and oxygen atoms in total. The lowest BCUT2D eigenvalue weighted by Crippen LogP contribution is -2.36. The molecule has 0 unspecified atom stereocenters. The standard InChI is InChI=1S/C21H29N3O3.HI/c1-5-22-21(23-13-16-7-6-8-18(11-16)15-25-2)24-14-17-9-10-19(26-3)20(12-17)27-4;/h6-12H,5,13-15H2,1-4H3,(H2,22,23,24);1H. The first-order chi connectivity index (χ1) is 13.2. The second kappa shape index (κ2) is 13.2. The lowest BCUT2D eigenvalue weighted by Gasteiger charge is -2.13. The molecule has 28 heavy (non-hydrogen) atoms. The van der Waals surface area contributed by atoms with E-state index in [9.17, 15) is 0 Å². The van der Waals surface area contributed by atoms with E-state index in [1.807, 2.05) is 31.2 Å². The minimum Gasteiger partial charge on any atom is -0.493 e. The highest BCUT2D eigenvalue weighted by molar-refractivity contribution is 14.0. The SMILES string of the molecule is CCNC(=NCc1cccc(COC)c1)NCc1ccc(OC)c(OC)c1.I. The van der Waals surface area contributed by atoms with Crippen LogP contribution < -0.4 is 20.1 Å². The lowest BCUT2D eigenvalue weighted by molar-refractivity contribution is 0.185. The van der Waals surface area contributed by atoms with Crippen LogP contribution in [0.5, 0.6) is 11.5 Å². The minimum atomic E-state index is 0. The van der Waals surface area contributed by atoms with Crippen molar-refractivity contribution in [3.8, 4) is 11.5 Å². The van der Waals surface area contributed by atoms with Crippen molar-refractivity contribution in [2.45, 2.75) is 26.6 Å². The molecule has 2 aromatic rings. The average Bonchev–Trinajstić information content (AvgIpc) is 2.70. The Morgan fingerprint density at radius 2 is 1.64 bits per heavy atom. The molecule has 0 bridgehead atoms. The van der Waals surface area contributed by atoms with Gasteiger partial charge in [0.25, 0.3) is 0 Å². The van der Waals surface area contributed by atoms with Crippen LogP contribution in [0.25, 0.3) is 0 Å². The summed E-state index contributed by atoms with van der Waals surface area (Å²) in [4.78, 5) is 4.67. The second-order valence-electron chi connectivity index (χ2n) is 5.99. The second-order valence-corrected chi connectivity index (χ2v) is 5.99. The molecule has 0 fully saturated rings. The number of rotatable bonds is 9. The summed E-state index contributed by atoms with van der Waals surface area (Å²) in [5.74, 6) is 2.20. The van der Waals surface area contributed by atoms with Gasteiger partial charge in [-0.3, -0.25) is 0 Å². The molecule has 7 heteroatoms. The number of benzene rings is 2. The number of halogens is 1. The maximum absolute atomic E-state index is 5.36. The summed E-state index contributed by atoms with van der Waals surface area (Å²) < 4.78 is 15.8. The summed E-state index contributed by atoms with van der Waals surface area (Å²) in [5, 5.41) is 6.63. The first-order valence-corrected chi connectivity index (χ1v) is 9.00. The fourth-order valence-corrected chi connectivity index (χ4v) is 2.67. The summed E-state index contributed by atoms with van der Waals surface area (Å²) in [7, 11) is 4.97. The summed E-state index contributed by atoms with van der Waals surface area (Å²) in [5.41, 5.74) is 3.38. The van der Waals surface area contributed by atoms with Gasteiger partial charge in [-0.1, -0.05) is 30.3 Å². The Hall–Kier alpha value is -2.00. The normalized spacial score (nSPS) is 10.8. The van der Waals surface area contributed by atoms with E-state index in [1.165, 1.54) is 0 Å². The third-order valence-corrected chi connectivity index (χ3v) is 3.97. The maximum atomic E-state index is 5.36. The van der Waals surface area contributed by atoms with Crippen molar-refractivity contribution in [3.63, 3.8) is 0 Å². The number of aliphatic imine (C=N–C) groups is 1. The van der Waals surface area contributed by atoms with Crippen LogP contribution in [0.15, 0.2) is 47.5 Å². The molecule has 0 aliphatic carbocycles. The molecule has 0 aliphatic rings. The van der Waals surface area contributed by atoms with Crippen LogP contribution >= 0.6 is 24.0 Å². The van der Waals surface area contributed by atoms with E-state index in [2.05, 4.69) is 33.8 Å². The number of guanidine groups is 1. The third-order valence-electron chi connectivity index (χ3n) is 3.97. The van der Waals surface area contributed by atoms with Crippen molar-refractivity contribution in [3.05, 3.63) is 59.2 Å². The molecule has 0 heterocycles. The topological polar surface area (TPSA) is 64.1 Å². The van der Waals surface area contributed by atoms with E-state index >= 15 is 0 Å². The largest absolute Gasteiger partial charge is 0.493 e. The number of nitrogens with zero attached hydrogens (tertiary/aromatic N) is 1. The van der Waals surface area contributed by atoms with Gasteiger partial charge in [0, 0.05) is 20.2 Å². The van der Waals surface area contributed by atoms with Gasteiger partial charge in [0.15, 0.2) is 17.5 Å². The van der Waals surface area contributed by atoms with E-state index in [1.54, 1.807) is 21.3 Å². The molecular weight excluding hydrogens is 469 g/mol. The van der Waals surface area contributed by atoms with Crippen molar-refractivity contribution >= 4 is 29.9 Å². The Kier molecular flexibility index (Phi) is 11.4. The van der Waals surface area contributed by atoms with Gasteiger partial charge in [-0.25, -0.2) is 4.99 Å². The van der Waals surface area contributed by atoms with Crippen LogP contribution in [0.2, 0.25) is 0 Å². The summed E-state index contributed by atoms with van der Waals surface area (Å²) in [6.45, 7) is 4.68. The summed E-state index contributed by atoms with van der Waals surface area (Å²) in [6, 6.07) is 14.1. The van der Waals surface area contributed by atoms with E-state index < -0.39 is 0 Å². The first kappa shape index (κ1) is 24.0. The van der Waals surface area contributed by atoms with Gasteiger partial charge in [0.1, 0.15) is 0 Å². The predicted molar refractivity (Wildman–Crippen MR) is 124 cm³/mol. The van der Waals surface area contributed by atoms with Crippen molar-refractivity contribution in [2.75, 3.05) is 27.9 Å².